The van der Waals surface area contributed by atoms with Crippen LogP contribution in [0.2, 0.25) is 0 Å². The SMILES string of the molecule is CO/N=C\n1nnc2ccccc21. The lowest BCUT2D eigenvalue weighted by Crippen LogP contribution is -1.97. The maximum absolute atomic E-state index is 4.54. The lowest BCUT2D eigenvalue weighted by Gasteiger charge is -1.90. The van der Waals surface area contributed by atoms with Crippen molar-refractivity contribution >= 4 is 17.4 Å². The second kappa shape index (κ2) is 3.22. The predicted molar refractivity (Wildman–Crippen MR) is 48.4 cm³/mol. The summed E-state index contributed by atoms with van der Waals surface area (Å²) in [5.41, 5.74) is 1.74. The average molecular weight is 176 g/mol. The first-order valence-electron chi connectivity index (χ1n) is 3.78. The van der Waals surface area contributed by atoms with Gasteiger partial charge in [0.05, 0.1) is 5.52 Å². The average Bonchev–Trinajstić information content (AvgIpc) is 2.58. The van der Waals surface area contributed by atoms with Crippen LogP contribution in [0, 0.1) is 0 Å². The van der Waals surface area contributed by atoms with Crippen molar-refractivity contribution in [3.8, 4) is 0 Å². The first-order valence-corrected chi connectivity index (χ1v) is 3.78. The Balaban J connectivity index is 2.52. The quantitative estimate of drug-likeness (QED) is 0.387. The largest absolute Gasteiger partial charge is 0.398 e. The van der Waals surface area contributed by atoms with Crippen LogP contribution in [0.4, 0.5) is 0 Å². The molecule has 66 valence electrons. The van der Waals surface area contributed by atoms with Crippen molar-refractivity contribution in [2.45, 2.75) is 0 Å². The number of aromatic nitrogens is 3. The molecule has 0 amide bonds. The molecule has 2 rings (SSSR count). The first-order chi connectivity index (χ1) is 6.42. The minimum Gasteiger partial charge on any atom is -0.398 e. The Morgan fingerprint density at radius 2 is 2.31 bits per heavy atom. The minimum absolute atomic E-state index is 0.838. The molecular weight excluding hydrogens is 168 g/mol. The van der Waals surface area contributed by atoms with E-state index in [0.29, 0.717) is 0 Å². The number of oxime groups is 1. The maximum atomic E-state index is 4.54. The van der Waals surface area contributed by atoms with Crippen LogP contribution in [0.1, 0.15) is 0 Å². The van der Waals surface area contributed by atoms with E-state index in [9.17, 15) is 0 Å². The Bertz CT molecular complexity index is 434. The number of para-hydroxylation sites is 1. The molecule has 0 bridgehead atoms. The molecule has 0 radical (unpaired) electrons. The molecule has 0 N–H and O–H groups in total. The van der Waals surface area contributed by atoms with Crippen molar-refractivity contribution in [3.63, 3.8) is 0 Å². The standard InChI is InChI=1S/C8H8N4O/c1-13-9-6-12-8-5-3-2-4-7(8)10-11-12/h2-6H,1H3/b9-6-. The summed E-state index contributed by atoms with van der Waals surface area (Å²) in [6.07, 6.45) is 1.47. The van der Waals surface area contributed by atoms with Crippen LogP contribution in [-0.2, 0) is 4.84 Å². The molecule has 1 heterocycles. The molecule has 0 aliphatic carbocycles. The third-order valence-electron chi connectivity index (χ3n) is 1.64. The number of rotatable bonds is 2. The van der Waals surface area contributed by atoms with E-state index in [1.807, 2.05) is 24.3 Å². The lowest BCUT2D eigenvalue weighted by molar-refractivity contribution is 0.214. The highest BCUT2D eigenvalue weighted by Crippen LogP contribution is 2.07. The van der Waals surface area contributed by atoms with Gasteiger partial charge in [0.15, 0.2) is 6.34 Å². The van der Waals surface area contributed by atoms with Crippen LogP contribution in [0.15, 0.2) is 29.4 Å². The molecule has 0 saturated carbocycles. The zero-order valence-electron chi connectivity index (χ0n) is 7.08. The lowest BCUT2D eigenvalue weighted by atomic mass is 10.3. The smallest absolute Gasteiger partial charge is 0.158 e. The van der Waals surface area contributed by atoms with E-state index >= 15 is 0 Å². The molecule has 5 heteroatoms. The Labute approximate surface area is 74.6 Å². The van der Waals surface area contributed by atoms with Gasteiger partial charge < -0.3 is 4.84 Å². The van der Waals surface area contributed by atoms with Gasteiger partial charge in [-0.3, -0.25) is 0 Å². The Morgan fingerprint density at radius 1 is 1.46 bits per heavy atom. The van der Waals surface area contributed by atoms with Gasteiger partial charge in [0, 0.05) is 0 Å². The fourth-order valence-corrected chi connectivity index (χ4v) is 1.06. The van der Waals surface area contributed by atoms with Crippen molar-refractivity contribution in [2.75, 3.05) is 7.11 Å². The maximum Gasteiger partial charge on any atom is 0.158 e. The van der Waals surface area contributed by atoms with Gasteiger partial charge in [-0.2, -0.15) is 4.68 Å². The molecule has 0 fully saturated rings. The molecule has 5 nitrogen and oxygen atoms in total. The summed E-state index contributed by atoms with van der Waals surface area (Å²) >= 11 is 0. The zero-order chi connectivity index (χ0) is 9.10. The van der Waals surface area contributed by atoms with Gasteiger partial charge >= 0.3 is 0 Å². The second-order valence-electron chi connectivity index (χ2n) is 2.43. The van der Waals surface area contributed by atoms with Gasteiger partial charge in [-0.05, 0) is 12.1 Å². The zero-order valence-corrected chi connectivity index (χ0v) is 7.08. The first kappa shape index (κ1) is 7.72. The summed E-state index contributed by atoms with van der Waals surface area (Å²) in [6, 6.07) is 7.63. The molecule has 1 aromatic carbocycles. The minimum atomic E-state index is 0.838. The molecule has 0 saturated heterocycles. The van der Waals surface area contributed by atoms with E-state index in [0.717, 1.165) is 11.0 Å². The third-order valence-corrected chi connectivity index (χ3v) is 1.64. The van der Waals surface area contributed by atoms with Crippen molar-refractivity contribution in [1.29, 1.82) is 0 Å². The van der Waals surface area contributed by atoms with Crippen molar-refractivity contribution < 1.29 is 4.84 Å². The van der Waals surface area contributed by atoms with Crippen molar-refractivity contribution in [1.82, 2.24) is 15.0 Å². The highest BCUT2D eigenvalue weighted by molar-refractivity contribution is 5.80. The van der Waals surface area contributed by atoms with E-state index in [-0.39, 0.29) is 0 Å². The van der Waals surface area contributed by atoms with E-state index in [1.165, 1.54) is 13.4 Å². The summed E-state index contributed by atoms with van der Waals surface area (Å²) in [5, 5.41) is 11.4. The van der Waals surface area contributed by atoms with Crippen LogP contribution in [-0.4, -0.2) is 28.4 Å². The van der Waals surface area contributed by atoms with Crippen LogP contribution < -0.4 is 0 Å². The third kappa shape index (κ3) is 1.35. The van der Waals surface area contributed by atoms with E-state index < -0.39 is 0 Å². The fraction of sp³-hybridized carbons (Fsp3) is 0.125. The van der Waals surface area contributed by atoms with E-state index in [4.69, 9.17) is 0 Å². The summed E-state index contributed by atoms with van der Waals surface area (Å²) in [5.74, 6) is 0. The van der Waals surface area contributed by atoms with Crippen LogP contribution >= 0.6 is 0 Å². The Kier molecular flexibility index (Phi) is 1.91. The molecular formula is C8H8N4O. The summed E-state index contributed by atoms with van der Waals surface area (Å²) in [6.45, 7) is 0. The molecule has 13 heavy (non-hydrogen) atoms. The second-order valence-corrected chi connectivity index (χ2v) is 2.43. The fourth-order valence-electron chi connectivity index (χ4n) is 1.06. The molecule has 0 aliphatic heterocycles. The van der Waals surface area contributed by atoms with Gasteiger partial charge in [0.25, 0.3) is 0 Å². The highest BCUT2D eigenvalue weighted by Gasteiger charge is 1.99. The van der Waals surface area contributed by atoms with Crippen LogP contribution in [0.25, 0.3) is 11.0 Å². The number of benzene rings is 1. The monoisotopic (exact) mass is 176 g/mol. The normalized spacial score (nSPS) is 11.2. The number of fused-ring (bicyclic) bond motifs is 1. The molecule has 1 aromatic heterocycles. The number of hydrogen-bond acceptors (Lipinski definition) is 4. The molecule has 0 unspecified atom stereocenters. The van der Waals surface area contributed by atoms with Crippen molar-refractivity contribution in [2.24, 2.45) is 5.16 Å². The van der Waals surface area contributed by atoms with E-state index in [2.05, 4.69) is 20.3 Å². The van der Waals surface area contributed by atoms with Gasteiger partial charge in [0.2, 0.25) is 0 Å². The number of nitrogens with zero attached hydrogens (tertiary/aromatic N) is 4. The summed E-state index contributed by atoms with van der Waals surface area (Å²) < 4.78 is 1.55. The summed E-state index contributed by atoms with van der Waals surface area (Å²) in [7, 11) is 1.48. The Hall–Kier alpha value is -1.91. The highest BCUT2D eigenvalue weighted by atomic mass is 16.6. The van der Waals surface area contributed by atoms with Crippen LogP contribution in [0.3, 0.4) is 0 Å². The molecule has 0 spiro atoms. The van der Waals surface area contributed by atoms with Gasteiger partial charge in [-0.25, -0.2) is 0 Å². The molecule has 2 aromatic rings. The van der Waals surface area contributed by atoms with E-state index in [1.54, 1.807) is 4.68 Å². The van der Waals surface area contributed by atoms with Gasteiger partial charge in [0.1, 0.15) is 12.6 Å². The van der Waals surface area contributed by atoms with Crippen molar-refractivity contribution in [3.05, 3.63) is 24.3 Å². The van der Waals surface area contributed by atoms with Crippen LogP contribution in [0.5, 0.6) is 0 Å². The topological polar surface area (TPSA) is 52.3 Å². The summed E-state index contributed by atoms with van der Waals surface area (Å²) in [4.78, 5) is 4.54. The predicted octanol–water partition coefficient (Wildman–Crippen LogP) is 0.869. The Morgan fingerprint density at radius 3 is 3.15 bits per heavy atom. The van der Waals surface area contributed by atoms with Gasteiger partial charge in [-0.1, -0.05) is 22.5 Å². The molecule has 0 aliphatic rings. The molecule has 0 atom stereocenters. The number of hydrogen-bond donors (Lipinski definition) is 0. The van der Waals surface area contributed by atoms with Gasteiger partial charge in [-0.15, -0.1) is 5.10 Å².